The summed E-state index contributed by atoms with van der Waals surface area (Å²) >= 11 is 0. The molecular formula is C8H13N5. The van der Waals surface area contributed by atoms with Crippen molar-refractivity contribution in [2.75, 3.05) is 0 Å². The first kappa shape index (κ1) is 9.61. The summed E-state index contributed by atoms with van der Waals surface area (Å²) in [6, 6.07) is 0. The Bertz CT molecular complexity index is 308. The number of hydrogen-bond acceptors (Lipinski definition) is 2. The second kappa shape index (κ2) is 4.52. The Labute approximate surface area is 76.8 Å². The molecule has 0 aliphatic carbocycles. The van der Waals surface area contributed by atoms with Gasteiger partial charge in [0.15, 0.2) is 0 Å². The number of rotatable bonds is 4. The Morgan fingerprint density at radius 1 is 1.69 bits per heavy atom. The fourth-order valence-electron chi connectivity index (χ4n) is 1.17. The third kappa shape index (κ3) is 2.80. The summed E-state index contributed by atoms with van der Waals surface area (Å²) in [6.07, 6.45) is 2.66. The second-order valence-corrected chi connectivity index (χ2v) is 3.36. The van der Waals surface area contributed by atoms with Gasteiger partial charge in [-0.2, -0.15) is 5.10 Å². The summed E-state index contributed by atoms with van der Waals surface area (Å²) in [4.78, 5) is 2.71. The molecule has 1 heterocycles. The lowest BCUT2D eigenvalue weighted by Gasteiger charge is -2.02. The van der Waals surface area contributed by atoms with Crippen LogP contribution in [-0.2, 0) is 13.0 Å². The molecule has 5 heteroatoms. The Balaban J connectivity index is 2.70. The van der Waals surface area contributed by atoms with Crippen LogP contribution in [0, 0.1) is 5.92 Å². The zero-order chi connectivity index (χ0) is 9.68. The van der Waals surface area contributed by atoms with Crippen LogP contribution >= 0.6 is 0 Å². The van der Waals surface area contributed by atoms with Gasteiger partial charge in [0.05, 0.1) is 12.7 Å². The lowest BCUT2D eigenvalue weighted by Crippen LogP contribution is -1.97. The summed E-state index contributed by atoms with van der Waals surface area (Å²) in [7, 11) is 0. The highest BCUT2D eigenvalue weighted by Gasteiger charge is 2.05. The van der Waals surface area contributed by atoms with E-state index >= 15 is 0 Å². The smallest absolute Gasteiger partial charge is 0.0544 e. The van der Waals surface area contributed by atoms with Crippen molar-refractivity contribution in [3.8, 4) is 0 Å². The topological polar surface area (TPSA) is 77.4 Å². The van der Waals surface area contributed by atoms with Crippen molar-refractivity contribution in [3.63, 3.8) is 0 Å². The van der Waals surface area contributed by atoms with Gasteiger partial charge in [0, 0.05) is 10.6 Å². The SMILES string of the molecule is CC(C)Cc1[nH]ncc1CN=[N+]=[N-]. The van der Waals surface area contributed by atoms with Gasteiger partial charge < -0.3 is 0 Å². The fourth-order valence-corrected chi connectivity index (χ4v) is 1.17. The van der Waals surface area contributed by atoms with Gasteiger partial charge in [-0.05, 0) is 23.4 Å². The van der Waals surface area contributed by atoms with Crippen LogP contribution in [0.3, 0.4) is 0 Å². The number of aromatic amines is 1. The van der Waals surface area contributed by atoms with Crippen LogP contribution in [-0.4, -0.2) is 10.2 Å². The molecule has 0 bridgehead atoms. The zero-order valence-corrected chi connectivity index (χ0v) is 7.86. The van der Waals surface area contributed by atoms with Crippen LogP contribution in [0.25, 0.3) is 10.4 Å². The minimum atomic E-state index is 0.384. The molecule has 0 aliphatic rings. The maximum Gasteiger partial charge on any atom is 0.0544 e. The molecule has 1 aromatic heterocycles. The summed E-state index contributed by atoms with van der Waals surface area (Å²) in [6.45, 7) is 4.66. The van der Waals surface area contributed by atoms with E-state index in [2.05, 4.69) is 34.1 Å². The number of azide groups is 1. The molecule has 0 radical (unpaired) electrons. The number of aromatic nitrogens is 2. The molecule has 0 saturated heterocycles. The van der Waals surface area contributed by atoms with Crippen molar-refractivity contribution in [1.29, 1.82) is 0 Å². The zero-order valence-electron chi connectivity index (χ0n) is 7.86. The molecule has 5 nitrogen and oxygen atoms in total. The molecule has 0 unspecified atom stereocenters. The third-order valence-corrected chi connectivity index (χ3v) is 1.72. The number of hydrogen-bond donors (Lipinski definition) is 1. The van der Waals surface area contributed by atoms with Crippen molar-refractivity contribution < 1.29 is 0 Å². The lowest BCUT2D eigenvalue weighted by atomic mass is 10.1. The average Bonchev–Trinajstić information content (AvgIpc) is 2.48. The van der Waals surface area contributed by atoms with Gasteiger partial charge in [-0.1, -0.05) is 19.0 Å². The molecule has 0 amide bonds. The van der Waals surface area contributed by atoms with Crippen molar-refractivity contribution in [2.45, 2.75) is 26.8 Å². The number of H-pyrrole nitrogens is 1. The highest BCUT2D eigenvalue weighted by atomic mass is 15.1. The molecule has 13 heavy (non-hydrogen) atoms. The summed E-state index contributed by atoms with van der Waals surface area (Å²) < 4.78 is 0. The Morgan fingerprint density at radius 2 is 2.46 bits per heavy atom. The van der Waals surface area contributed by atoms with Gasteiger partial charge in [-0.25, -0.2) is 0 Å². The van der Waals surface area contributed by atoms with E-state index in [9.17, 15) is 0 Å². The molecule has 0 aromatic carbocycles. The predicted molar refractivity (Wildman–Crippen MR) is 50.0 cm³/mol. The van der Waals surface area contributed by atoms with Gasteiger partial charge in [0.1, 0.15) is 0 Å². The molecule has 0 atom stereocenters. The first-order chi connectivity index (χ1) is 6.24. The second-order valence-electron chi connectivity index (χ2n) is 3.36. The van der Waals surface area contributed by atoms with Crippen molar-refractivity contribution in [3.05, 3.63) is 27.9 Å². The molecule has 0 fully saturated rings. The van der Waals surface area contributed by atoms with Crippen molar-refractivity contribution in [2.24, 2.45) is 11.0 Å². The molecule has 70 valence electrons. The lowest BCUT2D eigenvalue weighted by molar-refractivity contribution is 0.629. The van der Waals surface area contributed by atoms with Gasteiger partial charge in [0.25, 0.3) is 0 Å². The molecule has 1 N–H and O–H groups in total. The Kier molecular flexibility index (Phi) is 3.34. The summed E-state index contributed by atoms with van der Waals surface area (Å²) in [5.74, 6) is 0.574. The molecule has 0 aliphatic heterocycles. The molecule has 0 spiro atoms. The van der Waals surface area contributed by atoms with Gasteiger partial charge in [-0.15, -0.1) is 0 Å². The molecular weight excluding hydrogens is 166 g/mol. The Morgan fingerprint density at radius 3 is 3.08 bits per heavy atom. The van der Waals surface area contributed by atoms with Crippen LogP contribution in [0.4, 0.5) is 0 Å². The van der Waals surface area contributed by atoms with Crippen LogP contribution in [0.1, 0.15) is 25.1 Å². The van der Waals surface area contributed by atoms with Crippen LogP contribution in [0.15, 0.2) is 11.3 Å². The van der Waals surface area contributed by atoms with E-state index < -0.39 is 0 Å². The van der Waals surface area contributed by atoms with Gasteiger partial charge in [0.2, 0.25) is 0 Å². The average molecular weight is 179 g/mol. The normalized spacial score (nSPS) is 10.1. The maximum absolute atomic E-state index is 8.17. The highest BCUT2D eigenvalue weighted by Crippen LogP contribution is 2.11. The van der Waals surface area contributed by atoms with E-state index in [1.165, 1.54) is 0 Å². The third-order valence-electron chi connectivity index (χ3n) is 1.72. The van der Waals surface area contributed by atoms with E-state index in [1.54, 1.807) is 6.20 Å². The fraction of sp³-hybridized carbons (Fsp3) is 0.625. The number of nitrogens with zero attached hydrogens (tertiary/aromatic N) is 4. The van der Waals surface area contributed by atoms with Crippen LogP contribution in [0.2, 0.25) is 0 Å². The van der Waals surface area contributed by atoms with E-state index in [0.717, 1.165) is 17.7 Å². The van der Waals surface area contributed by atoms with Crippen LogP contribution < -0.4 is 0 Å². The highest BCUT2D eigenvalue weighted by molar-refractivity contribution is 5.16. The van der Waals surface area contributed by atoms with Crippen molar-refractivity contribution >= 4 is 0 Å². The quantitative estimate of drug-likeness (QED) is 0.430. The van der Waals surface area contributed by atoms with E-state index in [1.807, 2.05) is 0 Å². The largest absolute Gasteiger partial charge is 0.282 e. The minimum absolute atomic E-state index is 0.384. The summed E-state index contributed by atoms with van der Waals surface area (Å²) in [5, 5.41) is 10.3. The molecule has 0 saturated carbocycles. The summed E-state index contributed by atoms with van der Waals surface area (Å²) in [5.41, 5.74) is 10.2. The van der Waals surface area contributed by atoms with Gasteiger partial charge in [-0.3, -0.25) is 5.10 Å². The molecule has 1 aromatic rings. The predicted octanol–water partition coefficient (Wildman–Crippen LogP) is 2.42. The van der Waals surface area contributed by atoms with Crippen molar-refractivity contribution in [1.82, 2.24) is 10.2 Å². The van der Waals surface area contributed by atoms with E-state index in [0.29, 0.717) is 12.5 Å². The minimum Gasteiger partial charge on any atom is -0.282 e. The number of nitrogens with one attached hydrogen (secondary N) is 1. The van der Waals surface area contributed by atoms with E-state index in [4.69, 9.17) is 5.53 Å². The Hall–Kier alpha value is -1.48. The van der Waals surface area contributed by atoms with E-state index in [-0.39, 0.29) is 0 Å². The van der Waals surface area contributed by atoms with Crippen LogP contribution in [0.5, 0.6) is 0 Å². The monoisotopic (exact) mass is 179 g/mol. The first-order valence-electron chi connectivity index (χ1n) is 4.26. The molecule has 1 rings (SSSR count). The standard InChI is InChI=1S/C8H13N5/c1-6(2)3-8-7(4-10-12-8)5-11-13-9/h4,6H,3,5H2,1-2H3,(H,10,12). The maximum atomic E-state index is 8.17. The first-order valence-corrected chi connectivity index (χ1v) is 4.26. The van der Waals surface area contributed by atoms with Gasteiger partial charge >= 0.3 is 0 Å².